The van der Waals surface area contributed by atoms with Crippen LogP contribution in [-0.4, -0.2) is 74.6 Å². The van der Waals surface area contributed by atoms with E-state index in [2.05, 4.69) is 32.6 Å². The van der Waals surface area contributed by atoms with Crippen molar-refractivity contribution in [2.45, 2.75) is 58.3 Å². The van der Waals surface area contributed by atoms with Crippen LogP contribution >= 0.6 is 23.7 Å². The van der Waals surface area contributed by atoms with E-state index in [1.54, 1.807) is 33.5 Å². The van der Waals surface area contributed by atoms with Gasteiger partial charge in [0.1, 0.15) is 0 Å². The lowest BCUT2D eigenvalue weighted by Gasteiger charge is -2.25. The van der Waals surface area contributed by atoms with Gasteiger partial charge in [-0.25, -0.2) is 13.4 Å². The first-order valence-corrected chi connectivity index (χ1v) is 16.4. The van der Waals surface area contributed by atoms with E-state index in [1.807, 2.05) is 12.1 Å². The fraction of sp³-hybridized carbons (Fsp3) is 0.517. The number of rotatable bonds is 15. The number of hydrogen-bond donors (Lipinski definition) is 0. The number of aromatic nitrogens is 1. The Bertz CT molecular complexity index is 1350. The lowest BCUT2D eigenvalue weighted by Crippen LogP contribution is -2.39. The van der Waals surface area contributed by atoms with E-state index >= 15 is 0 Å². The number of halogens is 1. The number of hydrogen-bond acceptors (Lipinski definition) is 8. The van der Waals surface area contributed by atoms with Crippen LogP contribution in [0.3, 0.4) is 0 Å². The molecule has 0 radical (unpaired) electrons. The standard InChI is InChI=1S/C29H40N4O5S2.ClH/c1-5-9-15-32(16-10-6-2)40(35,36)23-13-11-22(12-14-23)28(34)33(18-17-31(7-3)8-4)29-30-24-19-25-26(38-21-37-25)20-27(24)39-29;/h11-14,19-20H,5-10,15-18,21H2,1-4H3;1H. The van der Waals surface area contributed by atoms with Gasteiger partial charge >= 0.3 is 0 Å². The third kappa shape index (κ3) is 7.70. The molecule has 1 aromatic heterocycles. The number of thiazole rings is 1. The molecule has 41 heavy (non-hydrogen) atoms. The van der Waals surface area contributed by atoms with Gasteiger partial charge in [-0.15, -0.1) is 12.4 Å². The van der Waals surface area contributed by atoms with Crippen molar-refractivity contribution in [1.82, 2.24) is 14.2 Å². The molecule has 2 heterocycles. The maximum atomic E-state index is 13.9. The molecule has 1 amide bonds. The molecular weight excluding hydrogens is 584 g/mol. The smallest absolute Gasteiger partial charge is 0.260 e. The second-order valence-corrected chi connectivity index (χ2v) is 12.7. The summed E-state index contributed by atoms with van der Waals surface area (Å²) in [6, 6.07) is 10.1. The number of carbonyl (C=O) groups excluding carboxylic acids is 1. The SMILES string of the molecule is CCCCN(CCCC)S(=O)(=O)c1ccc(C(=O)N(CCN(CC)CC)c2nc3cc4c(cc3s2)OCO4)cc1.Cl. The summed E-state index contributed by atoms with van der Waals surface area (Å²) >= 11 is 1.43. The lowest BCUT2D eigenvalue weighted by molar-refractivity contribution is 0.0983. The van der Waals surface area contributed by atoms with Crippen LogP contribution in [0.1, 0.15) is 63.7 Å². The Hall–Kier alpha value is -2.44. The van der Waals surface area contributed by atoms with Crippen LogP contribution in [0.15, 0.2) is 41.3 Å². The van der Waals surface area contributed by atoms with Crippen molar-refractivity contribution >= 4 is 55.0 Å². The molecule has 12 heteroatoms. The normalized spacial score (nSPS) is 12.7. The Labute approximate surface area is 253 Å². The molecule has 226 valence electrons. The zero-order valence-corrected chi connectivity index (χ0v) is 26.7. The first-order valence-electron chi connectivity index (χ1n) is 14.2. The zero-order chi connectivity index (χ0) is 28.7. The van der Waals surface area contributed by atoms with Crippen molar-refractivity contribution in [3.8, 4) is 11.5 Å². The molecular formula is C29H41ClN4O5S2. The van der Waals surface area contributed by atoms with Crippen LogP contribution in [0.2, 0.25) is 0 Å². The number of fused-ring (bicyclic) bond motifs is 2. The summed E-state index contributed by atoms with van der Waals surface area (Å²) in [4.78, 5) is 22.8. The predicted octanol–water partition coefficient (Wildman–Crippen LogP) is 6.03. The average Bonchev–Trinajstić information content (AvgIpc) is 3.59. The summed E-state index contributed by atoms with van der Waals surface area (Å²) in [5.41, 5.74) is 1.16. The number of benzene rings is 2. The maximum absolute atomic E-state index is 13.9. The molecule has 0 saturated carbocycles. The molecule has 0 aliphatic carbocycles. The number of sulfonamides is 1. The van der Waals surface area contributed by atoms with Crippen molar-refractivity contribution in [3.63, 3.8) is 0 Å². The number of unbranched alkanes of at least 4 members (excludes halogenated alkanes) is 2. The maximum Gasteiger partial charge on any atom is 0.260 e. The third-order valence-electron chi connectivity index (χ3n) is 7.14. The monoisotopic (exact) mass is 624 g/mol. The first-order chi connectivity index (χ1) is 19.3. The minimum absolute atomic E-state index is 0. The Morgan fingerprint density at radius 1 is 0.902 bits per heavy atom. The van der Waals surface area contributed by atoms with Gasteiger partial charge in [-0.1, -0.05) is 51.9 Å². The summed E-state index contributed by atoms with van der Waals surface area (Å²) < 4.78 is 40.3. The van der Waals surface area contributed by atoms with Gasteiger partial charge in [0.05, 0.1) is 15.1 Å². The van der Waals surface area contributed by atoms with E-state index in [0.29, 0.717) is 48.4 Å². The Morgan fingerprint density at radius 2 is 1.51 bits per heavy atom. The average molecular weight is 625 g/mol. The van der Waals surface area contributed by atoms with Crippen LogP contribution in [-0.2, 0) is 10.0 Å². The molecule has 0 N–H and O–H groups in total. The molecule has 0 saturated heterocycles. The number of carbonyl (C=O) groups is 1. The van der Waals surface area contributed by atoms with Crippen molar-refractivity contribution in [3.05, 3.63) is 42.0 Å². The van der Waals surface area contributed by atoms with E-state index < -0.39 is 10.0 Å². The van der Waals surface area contributed by atoms with Gasteiger partial charge in [0.15, 0.2) is 16.6 Å². The summed E-state index contributed by atoms with van der Waals surface area (Å²) in [5, 5.41) is 0.581. The van der Waals surface area contributed by atoms with E-state index in [9.17, 15) is 13.2 Å². The highest BCUT2D eigenvalue weighted by molar-refractivity contribution is 7.89. The molecule has 1 aliphatic rings. The molecule has 3 aromatic rings. The molecule has 0 atom stereocenters. The van der Waals surface area contributed by atoms with E-state index in [1.165, 1.54) is 11.3 Å². The molecule has 0 fully saturated rings. The minimum atomic E-state index is -3.64. The van der Waals surface area contributed by atoms with Crippen LogP contribution in [0.4, 0.5) is 5.13 Å². The van der Waals surface area contributed by atoms with Gasteiger partial charge in [-0.05, 0) is 50.2 Å². The van der Waals surface area contributed by atoms with Gasteiger partial charge in [0.25, 0.3) is 5.91 Å². The first kappa shape index (κ1) is 33.1. The number of amides is 1. The number of ether oxygens (including phenoxy) is 2. The highest BCUT2D eigenvalue weighted by Gasteiger charge is 2.26. The summed E-state index contributed by atoms with van der Waals surface area (Å²) in [6.07, 6.45) is 3.46. The summed E-state index contributed by atoms with van der Waals surface area (Å²) in [7, 11) is -3.64. The lowest BCUT2D eigenvalue weighted by atomic mass is 10.2. The van der Waals surface area contributed by atoms with Gasteiger partial charge in [0, 0.05) is 43.9 Å². The number of likely N-dealkylation sites (N-methyl/N-ethyl adjacent to an activating group) is 1. The molecule has 0 spiro atoms. The second-order valence-electron chi connectivity index (χ2n) is 9.79. The van der Waals surface area contributed by atoms with Gasteiger partial charge < -0.3 is 14.4 Å². The molecule has 9 nitrogen and oxygen atoms in total. The van der Waals surface area contributed by atoms with Gasteiger partial charge in [-0.2, -0.15) is 4.31 Å². The molecule has 1 aliphatic heterocycles. The van der Waals surface area contributed by atoms with E-state index in [4.69, 9.17) is 14.5 Å². The quantitative estimate of drug-likeness (QED) is 0.204. The molecule has 4 rings (SSSR count). The fourth-order valence-corrected chi connectivity index (χ4v) is 7.10. The number of nitrogens with zero attached hydrogens (tertiary/aromatic N) is 4. The van der Waals surface area contributed by atoms with Crippen LogP contribution in [0, 0.1) is 0 Å². The van der Waals surface area contributed by atoms with Crippen molar-refractivity contribution in [2.75, 3.05) is 51.0 Å². The summed E-state index contributed by atoms with van der Waals surface area (Å²) in [6.45, 7) is 12.4. The van der Waals surface area contributed by atoms with Crippen molar-refractivity contribution in [2.24, 2.45) is 0 Å². The van der Waals surface area contributed by atoms with E-state index in [0.717, 1.165) is 49.0 Å². The minimum Gasteiger partial charge on any atom is -0.454 e. The van der Waals surface area contributed by atoms with Gasteiger partial charge in [-0.3, -0.25) is 9.69 Å². The van der Waals surface area contributed by atoms with Crippen LogP contribution in [0.25, 0.3) is 10.2 Å². The highest BCUT2D eigenvalue weighted by atomic mass is 35.5. The third-order valence-corrected chi connectivity index (χ3v) is 10.1. The Kier molecular flexibility index (Phi) is 12.2. The molecule has 0 bridgehead atoms. The molecule has 2 aromatic carbocycles. The van der Waals surface area contributed by atoms with Crippen molar-refractivity contribution < 1.29 is 22.7 Å². The highest BCUT2D eigenvalue weighted by Crippen LogP contribution is 2.40. The topological polar surface area (TPSA) is 92.3 Å². The fourth-order valence-electron chi connectivity index (χ4n) is 4.58. The Balaban J connectivity index is 0.00000462. The predicted molar refractivity (Wildman–Crippen MR) is 167 cm³/mol. The Morgan fingerprint density at radius 3 is 2.10 bits per heavy atom. The largest absolute Gasteiger partial charge is 0.454 e. The van der Waals surface area contributed by atoms with Crippen molar-refractivity contribution in [1.29, 1.82) is 0 Å². The zero-order valence-electron chi connectivity index (χ0n) is 24.3. The van der Waals surface area contributed by atoms with Crippen LogP contribution < -0.4 is 14.4 Å². The second kappa shape index (κ2) is 15.2. The van der Waals surface area contributed by atoms with E-state index in [-0.39, 0.29) is 30.0 Å². The summed E-state index contributed by atoms with van der Waals surface area (Å²) in [5.74, 6) is 1.10. The van der Waals surface area contributed by atoms with Crippen LogP contribution in [0.5, 0.6) is 11.5 Å². The molecule has 0 unspecified atom stereocenters. The van der Waals surface area contributed by atoms with Gasteiger partial charge in [0.2, 0.25) is 16.8 Å². The number of anilines is 1.